The lowest BCUT2D eigenvalue weighted by Crippen LogP contribution is -2.16. The highest BCUT2D eigenvalue weighted by atomic mass is 16.6. The average Bonchev–Trinajstić information content (AvgIpc) is 2.78. The van der Waals surface area contributed by atoms with Crippen molar-refractivity contribution in [1.82, 2.24) is 0 Å². The Morgan fingerprint density at radius 2 is 1.79 bits per heavy atom. The first kappa shape index (κ1) is 11.9. The Balaban J connectivity index is 1.67. The minimum Gasteiger partial charge on any atom is -0.391 e. The third kappa shape index (κ3) is 2.51. The van der Waals surface area contributed by atoms with Crippen LogP contribution in [0.1, 0.15) is 22.7 Å². The van der Waals surface area contributed by atoms with E-state index in [0.29, 0.717) is 6.61 Å². The van der Waals surface area contributed by atoms with Crippen molar-refractivity contribution in [2.45, 2.75) is 19.1 Å². The smallest absolute Gasteiger partial charge is 0.142 e. The van der Waals surface area contributed by atoms with Crippen molar-refractivity contribution < 1.29 is 4.84 Å². The van der Waals surface area contributed by atoms with Crippen LogP contribution in [0.25, 0.3) is 0 Å². The Hall–Kier alpha value is -2.13. The number of hydrogen-bond acceptors (Lipinski definition) is 3. The number of nitrogens with two attached hydrogens (primary N) is 1. The normalized spacial score (nSPS) is 19.4. The second-order valence-corrected chi connectivity index (χ2v) is 4.69. The number of nitrogens with zero attached hydrogens (tertiary/aromatic N) is 1. The zero-order chi connectivity index (χ0) is 13.1. The Bertz CT molecular complexity index is 593. The van der Waals surface area contributed by atoms with Crippen LogP contribution in [0, 0.1) is 0 Å². The summed E-state index contributed by atoms with van der Waals surface area (Å²) in [5.74, 6) is 0. The van der Waals surface area contributed by atoms with Crippen LogP contribution in [0.4, 0.5) is 0 Å². The quantitative estimate of drug-likeness (QED) is 0.854. The molecule has 0 amide bonds. The van der Waals surface area contributed by atoms with Crippen molar-refractivity contribution in [2.24, 2.45) is 10.9 Å². The number of rotatable bonds is 3. The van der Waals surface area contributed by atoms with Gasteiger partial charge < -0.3 is 10.6 Å². The van der Waals surface area contributed by atoms with Crippen LogP contribution in [0.5, 0.6) is 0 Å². The van der Waals surface area contributed by atoms with E-state index >= 15 is 0 Å². The molecule has 96 valence electrons. The SMILES string of the molecule is NC1C(=NOCc2ccccc2)Cc2ccccc21. The van der Waals surface area contributed by atoms with Gasteiger partial charge in [0, 0.05) is 6.42 Å². The van der Waals surface area contributed by atoms with E-state index in [4.69, 9.17) is 10.6 Å². The van der Waals surface area contributed by atoms with Gasteiger partial charge in [-0.05, 0) is 16.7 Å². The van der Waals surface area contributed by atoms with Crippen LogP contribution in [-0.2, 0) is 17.9 Å². The van der Waals surface area contributed by atoms with E-state index in [1.807, 2.05) is 42.5 Å². The van der Waals surface area contributed by atoms with E-state index < -0.39 is 0 Å². The van der Waals surface area contributed by atoms with Crippen molar-refractivity contribution >= 4 is 5.71 Å². The Morgan fingerprint density at radius 1 is 1.05 bits per heavy atom. The molecule has 0 radical (unpaired) electrons. The molecule has 1 aliphatic rings. The Kier molecular flexibility index (Phi) is 3.29. The summed E-state index contributed by atoms with van der Waals surface area (Å²) < 4.78 is 0. The van der Waals surface area contributed by atoms with Crippen molar-refractivity contribution in [3.8, 4) is 0 Å². The Morgan fingerprint density at radius 3 is 2.58 bits per heavy atom. The fraction of sp³-hybridized carbons (Fsp3) is 0.188. The summed E-state index contributed by atoms with van der Waals surface area (Å²) in [6.45, 7) is 0.480. The lowest BCUT2D eigenvalue weighted by molar-refractivity contribution is 0.129. The first-order chi connectivity index (χ1) is 9.34. The average molecular weight is 252 g/mol. The van der Waals surface area contributed by atoms with E-state index in [1.54, 1.807) is 0 Å². The summed E-state index contributed by atoms with van der Waals surface area (Å²) in [7, 11) is 0. The highest BCUT2D eigenvalue weighted by molar-refractivity contribution is 5.96. The number of benzene rings is 2. The molecule has 2 aromatic carbocycles. The number of oxime groups is 1. The molecule has 0 aliphatic heterocycles. The minimum atomic E-state index is -0.132. The summed E-state index contributed by atoms with van der Waals surface area (Å²) in [6, 6.07) is 18.0. The van der Waals surface area contributed by atoms with Crippen molar-refractivity contribution in [3.05, 3.63) is 71.3 Å². The van der Waals surface area contributed by atoms with E-state index in [1.165, 1.54) is 5.56 Å². The van der Waals surface area contributed by atoms with Gasteiger partial charge in [-0.1, -0.05) is 59.8 Å². The molecule has 3 rings (SSSR count). The predicted octanol–water partition coefficient (Wildman–Crippen LogP) is 2.82. The maximum atomic E-state index is 6.16. The van der Waals surface area contributed by atoms with Gasteiger partial charge in [0.1, 0.15) is 6.61 Å². The summed E-state index contributed by atoms with van der Waals surface area (Å²) in [4.78, 5) is 5.41. The van der Waals surface area contributed by atoms with Gasteiger partial charge in [0.15, 0.2) is 0 Å². The van der Waals surface area contributed by atoms with Crippen molar-refractivity contribution in [1.29, 1.82) is 0 Å². The molecule has 2 N–H and O–H groups in total. The van der Waals surface area contributed by atoms with E-state index in [2.05, 4.69) is 17.3 Å². The van der Waals surface area contributed by atoms with Crippen LogP contribution in [-0.4, -0.2) is 5.71 Å². The standard InChI is InChI=1S/C16H16N2O/c17-16-14-9-5-4-8-13(14)10-15(16)18-19-11-12-6-2-1-3-7-12/h1-9,16H,10-11,17H2. The van der Waals surface area contributed by atoms with Gasteiger partial charge in [-0.3, -0.25) is 0 Å². The van der Waals surface area contributed by atoms with Gasteiger partial charge in [0.25, 0.3) is 0 Å². The molecule has 0 spiro atoms. The molecule has 1 unspecified atom stereocenters. The maximum Gasteiger partial charge on any atom is 0.142 e. The van der Waals surface area contributed by atoms with Gasteiger partial charge >= 0.3 is 0 Å². The second kappa shape index (κ2) is 5.24. The minimum absolute atomic E-state index is 0.132. The molecule has 1 aliphatic carbocycles. The molecule has 3 nitrogen and oxygen atoms in total. The molecule has 0 saturated carbocycles. The molecule has 1 atom stereocenters. The molecular weight excluding hydrogens is 236 g/mol. The second-order valence-electron chi connectivity index (χ2n) is 4.69. The van der Waals surface area contributed by atoms with E-state index in [-0.39, 0.29) is 6.04 Å². The lowest BCUT2D eigenvalue weighted by Gasteiger charge is -2.06. The third-order valence-electron chi connectivity index (χ3n) is 3.38. The molecule has 0 saturated heterocycles. The summed E-state index contributed by atoms with van der Waals surface area (Å²) in [6.07, 6.45) is 0.784. The summed E-state index contributed by atoms with van der Waals surface area (Å²) >= 11 is 0. The summed E-state index contributed by atoms with van der Waals surface area (Å²) in [5, 5.41) is 4.21. The van der Waals surface area contributed by atoms with Crippen LogP contribution in [0.15, 0.2) is 59.8 Å². The zero-order valence-corrected chi connectivity index (χ0v) is 10.6. The van der Waals surface area contributed by atoms with Gasteiger partial charge in [-0.2, -0.15) is 0 Å². The number of fused-ring (bicyclic) bond motifs is 1. The fourth-order valence-electron chi connectivity index (χ4n) is 2.34. The third-order valence-corrected chi connectivity index (χ3v) is 3.38. The molecule has 0 fully saturated rings. The van der Waals surface area contributed by atoms with E-state index in [0.717, 1.165) is 23.3 Å². The predicted molar refractivity (Wildman–Crippen MR) is 75.7 cm³/mol. The Labute approximate surface area is 112 Å². The molecular formula is C16H16N2O. The van der Waals surface area contributed by atoms with Crippen LogP contribution < -0.4 is 5.73 Å². The molecule has 3 heteroatoms. The maximum absolute atomic E-state index is 6.16. The van der Waals surface area contributed by atoms with Crippen LogP contribution >= 0.6 is 0 Å². The first-order valence-electron chi connectivity index (χ1n) is 6.40. The van der Waals surface area contributed by atoms with Crippen molar-refractivity contribution in [2.75, 3.05) is 0 Å². The highest BCUT2D eigenvalue weighted by Crippen LogP contribution is 2.27. The zero-order valence-electron chi connectivity index (χ0n) is 10.6. The van der Waals surface area contributed by atoms with Crippen LogP contribution in [0.2, 0.25) is 0 Å². The monoisotopic (exact) mass is 252 g/mol. The molecule has 2 aromatic rings. The first-order valence-corrected chi connectivity index (χ1v) is 6.40. The summed E-state index contributed by atoms with van der Waals surface area (Å²) in [5.41, 5.74) is 10.6. The number of hydrogen-bond donors (Lipinski definition) is 1. The highest BCUT2D eigenvalue weighted by Gasteiger charge is 2.25. The molecule has 0 aromatic heterocycles. The van der Waals surface area contributed by atoms with E-state index in [9.17, 15) is 0 Å². The fourth-order valence-corrected chi connectivity index (χ4v) is 2.34. The molecule has 19 heavy (non-hydrogen) atoms. The van der Waals surface area contributed by atoms with Crippen molar-refractivity contribution in [3.63, 3.8) is 0 Å². The van der Waals surface area contributed by atoms with Crippen LogP contribution in [0.3, 0.4) is 0 Å². The van der Waals surface area contributed by atoms with Gasteiger partial charge in [0.05, 0.1) is 11.8 Å². The van der Waals surface area contributed by atoms with Gasteiger partial charge in [-0.25, -0.2) is 0 Å². The lowest BCUT2D eigenvalue weighted by atomic mass is 10.1. The van der Waals surface area contributed by atoms with Gasteiger partial charge in [-0.15, -0.1) is 0 Å². The van der Waals surface area contributed by atoms with Gasteiger partial charge in [0.2, 0.25) is 0 Å². The topological polar surface area (TPSA) is 47.6 Å². The molecule has 0 heterocycles. The molecule has 0 bridgehead atoms. The largest absolute Gasteiger partial charge is 0.391 e.